The zero-order valence-corrected chi connectivity index (χ0v) is 13.3. The zero-order valence-electron chi connectivity index (χ0n) is 12.6. The molecule has 0 radical (unpaired) electrons. The van der Waals surface area contributed by atoms with Crippen LogP contribution in [0.4, 0.5) is 0 Å². The molecule has 0 spiro atoms. The average Bonchev–Trinajstić information content (AvgIpc) is 2.83. The molecule has 0 aliphatic carbocycles. The summed E-state index contributed by atoms with van der Waals surface area (Å²) in [6, 6.07) is 7.95. The van der Waals surface area contributed by atoms with Crippen molar-refractivity contribution in [3.8, 4) is 0 Å². The fourth-order valence-electron chi connectivity index (χ4n) is 3.09. The monoisotopic (exact) mass is 312 g/mol. The number of rotatable bonds is 7. The van der Waals surface area contributed by atoms with Gasteiger partial charge in [0.05, 0.1) is 6.61 Å². The number of benzene rings is 1. The van der Waals surface area contributed by atoms with E-state index in [9.17, 15) is 5.11 Å². The van der Waals surface area contributed by atoms with Crippen LogP contribution >= 0.6 is 11.6 Å². The summed E-state index contributed by atoms with van der Waals surface area (Å²) in [6.07, 6.45) is 0. The molecule has 118 valence electrons. The van der Waals surface area contributed by atoms with Gasteiger partial charge in [0.25, 0.3) is 0 Å². The second-order valence-electron chi connectivity index (χ2n) is 6.01. The molecule has 2 rings (SSSR count). The molecule has 5 heteroatoms. The number of aliphatic hydroxyl groups is 2. The van der Waals surface area contributed by atoms with Crippen molar-refractivity contribution in [2.45, 2.75) is 6.54 Å². The van der Waals surface area contributed by atoms with Crippen molar-refractivity contribution in [3.63, 3.8) is 0 Å². The molecule has 0 amide bonds. The maximum absolute atomic E-state index is 9.59. The van der Waals surface area contributed by atoms with E-state index in [1.165, 1.54) is 5.56 Å². The van der Waals surface area contributed by atoms with Gasteiger partial charge in [-0.25, -0.2) is 0 Å². The van der Waals surface area contributed by atoms with Crippen LogP contribution in [-0.2, 0) is 6.54 Å². The Bertz CT molecular complexity index is 427. The molecule has 0 saturated carbocycles. The second-order valence-corrected chi connectivity index (χ2v) is 6.45. The third-order valence-electron chi connectivity index (χ3n) is 4.23. The quantitative estimate of drug-likeness (QED) is 0.797. The van der Waals surface area contributed by atoms with Crippen molar-refractivity contribution in [1.82, 2.24) is 9.80 Å². The first-order chi connectivity index (χ1) is 10.1. The Labute approximate surface area is 131 Å². The van der Waals surface area contributed by atoms with E-state index in [-0.39, 0.29) is 13.2 Å². The van der Waals surface area contributed by atoms with Crippen LogP contribution in [0.5, 0.6) is 0 Å². The molecular weight excluding hydrogens is 288 g/mol. The van der Waals surface area contributed by atoms with Gasteiger partial charge >= 0.3 is 0 Å². The van der Waals surface area contributed by atoms with Crippen LogP contribution in [0, 0.1) is 11.8 Å². The summed E-state index contributed by atoms with van der Waals surface area (Å²) in [5.41, 5.74) is 1.25. The Morgan fingerprint density at radius 2 is 1.86 bits per heavy atom. The summed E-state index contributed by atoms with van der Waals surface area (Å²) in [7, 11) is 2.02. The molecule has 0 aromatic heterocycles. The Kier molecular flexibility index (Phi) is 6.45. The first-order valence-corrected chi connectivity index (χ1v) is 7.87. The summed E-state index contributed by atoms with van der Waals surface area (Å²) in [4.78, 5) is 4.53. The SMILES string of the molecule is CN(CCO)C[C@@H]1CN(Cc2ccc(Cl)cc2)C[C@@H]1CO. The molecule has 1 saturated heterocycles. The number of halogens is 1. The normalized spacial score (nSPS) is 23.1. The molecule has 2 atom stereocenters. The lowest BCUT2D eigenvalue weighted by Crippen LogP contribution is -2.32. The molecular formula is C16H25ClN2O2. The van der Waals surface area contributed by atoms with Gasteiger partial charge in [0.2, 0.25) is 0 Å². The highest BCUT2D eigenvalue weighted by Crippen LogP contribution is 2.25. The molecule has 21 heavy (non-hydrogen) atoms. The molecule has 0 bridgehead atoms. The lowest BCUT2D eigenvalue weighted by atomic mass is 9.96. The molecule has 1 aromatic carbocycles. The maximum atomic E-state index is 9.59. The van der Waals surface area contributed by atoms with E-state index in [0.717, 1.165) is 31.2 Å². The van der Waals surface area contributed by atoms with Gasteiger partial charge in [0.15, 0.2) is 0 Å². The first kappa shape index (κ1) is 16.7. The predicted octanol–water partition coefficient (Wildman–Crippen LogP) is 1.30. The summed E-state index contributed by atoms with van der Waals surface area (Å²) in [6.45, 7) is 4.83. The molecule has 0 unspecified atom stereocenters. The van der Waals surface area contributed by atoms with Crippen LogP contribution in [0.2, 0.25) is 5.02 Å². The highest BCUT2D eigenvalue weighted by Gasteiger charge is 2.32. The number of nitrogens with zero attached hydrogens (tertiary/aromatic N) is 2. The number of likely N-dealkylation sites (N-methyl/N-ethyl adjacent to an activating group) is 1. The van der Waals surface area contributed by atoms with Gasteiger partial charge in [-0.3, -0.25) is 4.90 Å². The fraction of sp³-hybridized carbons (Fsp3) is 0.625. The van der Waals surface area contributed by atoms with Crippen LogP contribution in [0.3, 0.4) is 0 Å². The Morgan fingerprint density at radius 3 is 2.48 bits per heavy atom. The average molecular weight is 313 g/mol. The minimum Gasteiger partial charge on any atom is -0.396 e. The van der Waals surface area contributed by atoms with E-state index in [1.807, 2.05) is 19.2 Å². The first-order valence-electron chi connectivity index (χ1n) is 7.49. The number of hydrogen-bond donors (Lipinski definition) is 2. The van der Waals surface area contributed by atoms with E-state index in [4.69, 9.17) is 16.7 Å². The van der Waals surface area contributed by atoms with Gasteiger partial charge in [-0.05, 0) is 36.6 Å². The molecule has 1 aliphatic rings. The molecule has 1 aromatic rings. The topological polar surface area (TPSA) is 46.9 Å². The largest absolute Gasteiger partial charge is 0.396 e. The number of aliphatic hydroxyl groups excluding tert-OH is 2. The minimum atomic E-state index is 0.182. The molecule has 2 N–H and O–H groups in total. The van der Waals surface area contributed by atoms with Crippen molar-refractivity contribution in [2.24, 2.45) is 11.8 Å². The smallest absolute Gasteiger partial charge is 0.0558 e. The van der Waals surface area contributed by atoms with E-state index in [2.05, 4.69) is 21.9 Å². The highest BCUT2D eigenvalue weighted by atomic mass is 35.5. The van der Waals surface area contributed by atoms with Crippen LogP contribution in [0.1, 0.15) is 5.56 Å². The summed E-state index contributed by atoms with van der Waals surface area (Å²) >= 11 is 5.91. The van der Waals surface area contributed by atoms with Crippen molar-refractivity contribution >= 4 is 11.6 Å². The summed E-state index contributed by atoms with van der Waals surface area (Å²) < 4.78 is 0. The molecule has 4 nitrogen and oxygen atoms in total. The fourth-order valence-corrected chi connectivity index (χ4v) is 3.22. The Morgan fingerprint density at radius 1 is 1.19 bits per heavy atom. The Balaban J connectivity index is 1.90. The summed E-state index contributed by atoms with van der Waals surface area (Å²) in [5, 5.41) is 19.3. The lowest BCUT2D eigenvalue weighted by Gasteiger charge is -2.23. The van der Waals surface area contributed by atoms with E-state index >= 15 is 0 Å². The van der Waals surface area contributed by atoms with Crippen LogP contribution in [-0.4, -0.2) is 66.5 Å². The third-order valence-corrected chi connectivity index (χ3v) is 4.49. The van der Waals surface area contributed by atoms with Crippen molar-refractivity contribution < 1.29 is 10.2 Å². The van der Waals surface area contributed by atoms with Gasteiger partial charge in [0, 0.05) is 44.4 Å². The maximum Gasteiger partial charge on any atom is 0.0558 e. The number of hydrogen-bond acceptors (Lipinski definition) is 4. The van der Waals surface area contributed by atoms with Gasteiger partial charge in [-0.2, -0.15) is 0 Å². The molecule has 1 aliphatic heterocycles. The molecule has 1 fully saturated rings. The standard InChI is InChI=1S/C16H25ClN2O2/c1-18(6-7-20)9-14-10-19(11-15(14)12-21)8-13-2-4-16(17)5-3-13/h2-5,14-15,20-21H,6-12H2,1H3/t14-,15-/m1/s1. The summed E-state index contributed by atoms with van der Waals surface area (Å²) in [5.74, 6) is 0.775. The third kappa shape index (κ3) is 4.94. The lowest BCUT2D eigenvalue weighted by molar-refractivity contribution is 0.160. The minimum absolute atomic E-state index is 0.182. The van der Waals surface area contributed by atoms with Gasteiger partial charge < -0.3 is 15.1 Å². The van der Waals surface area contributed by atoms with Gasteiger partial charge in [0.1, 0.15) is 0 Å². The Hall–Kier alpha value is -0.650. The van der Waals surface area contributed by atoms with Crippen molar-refractivity contribution in [3.05, 3.63) is 34.9 Å². The predicted molar refractivity (Wildman–Crippen MR) is 85.4 cm³/mol. The zero-order chi connectivity index (χ0) is 15.2. The van der Waals surface area contributed by atoms with E-state index in [1.54, 1.807) is 0 Å². The van der Waals surface area contributed by atoms with Crippen LogP contribution in [0.15, 0.2) is 24.3 Å². The van der Waals surface area contributed by atoms with Crippen LogP contribution < -0.4 is 0 Å². The highest BCUT2D eigenvalue weighted by molar-refractivity contribution is 6.30. The molecule has 1 heterocycles. The van der Waals surface area contributed by atoms with Crippen molar-refractivity contribution in [2.75, 3.05) is 46.4 Å². The van der Waals surface area contributed by atoms with Gasteiger partial charge in [-0.15, -0.1) is 0 Å². The van der Waals surface area contributed by atoms with Gasteiger partial charge in [-0.1, -0.05) is 23.7 Å². The second kappa shape index (κ2) is 8.11. The van der Waals surface area contributed by atoms with Crippen LogP contribution in [0.25, 0.3) is 0 Å². The van der Waals surface area contributed by atoms with Crippen molar-refractivity contribution in [1.29, 1.82) is 0 Å². The number of likely N-dealkylation sites (tertiary alicyclic amines) is 1. The van der Waals surface area contributed by atoms with E-state index in [0.29, 0.717) is 18.4 Å². The van der Waals surface area contributed by atoms with E-state index < -0.39 is 0 Å².